The Morgan fingerprint density at radius 1 is 1.03 bits per heavy atom. The van der Waals surface area contributed by atoms with E-state index >= 15 is 0 Å². The lowest BCUT2D eigenvalue weighted by Gasteiger charge is -2.33. The van der Waals surface area contributed by atoms with E-state index in [2.05, 4.69) is 5.32 Å². The summed E-state index contributed by atoms with van der Waals surface area (Å²) in [5.74, 6) is 0.655. The molecule has 1 unspecified atom stereocenters. The minimum Gasteiger partial charge on any atom is -0.497 e. The summed E-state index contributed by atoms with van der Waals surface area (Å²) in [6, 6.07) is 14.0. The van der Waals surface area contributed by atoms with Gasteiger partial charge in [0, 0.05) is 12.6 Å². The molecule has 2 aromatic carbocycles. The monoisotopic (exact) mass is 458 g/mol. The van der Waals surface area contributed by atoms with Crippen LogP contribution in [0.25, 0.3) is 0 Å². The summed E-state index contributed by atoms with van der Waals surface area (Å²) < 4.78 is 10.6. The van der Waals surface area contributed by atoms with Gasteiger partial charge in [0.1, 0.15) is 23.4 Å². The van der Waals surface area contributed by atoms with Crippen LogP contribution in [0.15, 0.2) is 48.5 Å². The largest absolute Gasteiger partial charge is 0.497 e. The normalized spacial score (nSPS) is 15.0. The molecule has 1 aliphatic rings. The summed E-state index contributed by atoms with van der Waals surface area (Å²) >= 11 is 5.98. The number of hydrogen-bond acceptors (Lipinski definition) is 4. The Hall–Kier alpha value is -2.73. The highest BCUT2D eigenvalue weighted by Crippen LogP contribution is 2.28. The van der Waals surface area contributed by atoms with Gasteiger partial charge in [0.15, 0.2) is 0 Å². The van der Waals surface area contributed by atoms with E-state index in [0.29, 0.717) is 17.1 Å². The molecule has 3 rings (SSSR count). The number of amides is 2. The number of methoxy groups -OCH3 is 2. The van der Waals surface area contributed by atoms with Crippen LogP contribution in [-0.2, 0) is 16.1 Å². The average molecular weight is 459 g/mol. The van der Waals surface area contributed by atoms with Gasteiger partial charge < -0.3 is 19.7 Å². The van der Waals surface area contributed by atoms with Crippen molar-refractivity contribution in [3.63, 3.8) is 0 Å². The fourth-order valence-corrected chi connectivity index (χ4v) is 4.31. The van der Waals surface area contributed by atoms with E-state index in [0.717, 1.165) is 31.2 Å². The topological polar surface area (TPSA) is 67.9 Å². The summed E-state index contributed by atoms with van der Waals surface area (Å²) in [6.45, 7) is 0.234. The lowest BCUT2D eigenvalue weighted by atomic mass is 9.94. The smallest absolute Gasteiger partial charge is 0.247 e. The number of ether oxygens (including phenoxy) is 2. The van der Waals surface area contributed by atoms with Crippen LogP contribution in [0.2, 0.25) is 0 Å². The summed E-state index contributed by atoms with van der Waals surface area (Å²) in [7, 11) is 3.19. The molecule has 0 spiro atoms. The second-order valence-electron chi connectivity index (χ2n) is 8.03. The molecule has 32 heavy (non-hydrogen) atoms. The molecule has 1 atom stereocenters. The molecule has 0 aromatic heterocycles. The van der Waals surface area contributed by atoms with Gasteiger partial charge in [-0.1, -0.05) is 43.5 Å². The van der Waals surface area contributed by atoms with Crippen LogP contribution < -0.4 is 14.8 Å². The minimum absolute atomic E-state index is 0.127. The van der Waals surface area contributed by atoms with Crippen LogP contribution in [0.3, 0.4) is 0 Å². The summed E-state index contributed by atoms with van der Waals surface area (Å²) in [4.78, 5) is 28.0. The maximum Gasteiger partial charge on any atom is 0.247 e. The van der Waals surface area contributed by atoms with E-state index in [-0.39, 0.29) is 30.3 Å². The zero-order chi connectivity index (χ0) is 22.9. The SMILES string of the molecule is COc1ccc(C(C(=O)NC2CCCCC2)N(Cc2cccc(OC)c2)C(=O)CCl)cc1. The van der Waals surface area contributed by atoms with Crippen molar-refractivity contribution in [2.45, 2.75) is 50.7 Å². The van der Waals surface area contributed by atoms with Gasteiger partial charge in [-0.15, -0.1) is 11.6 Å². The summed E-state index contributed by atoms with van der Waals surface area (Å²) in [5, 5.41) is 3.18. The van der Waals surface area contributed by atoms with E-state index in [1.54, 1.807) is 31.3 Å². The molecule has 7 heteroatoms. The van der Waals surface area contributed by atoms with Crippen molar-refractivity contribution in [3.05, 3.63) is 59.7 Å². The van der Waals surface area contributed by atoms with Gasteiger partial charge in [-0.25, -0.2) is 0 Å². The highest BCUT2D eigenvalue weighted by molar-refractivity contribution is 6.27. The first-order valence-electron chi connectivity index (χ1n) is 11.0. The molecule has 2 aromatic rings. The van der Waals surface area contributed by atoms with E-state index < -0.39 is 6.04 Å². The lowest BCUT2D eigenvalue weighted by molar-refractivity contribution is -0.140. The highest BCUT2D eigenvalue weighted by atomic mass is 35.5. The van der Waals surface area contributed by atoms with Gasteiger partial charge in [0.2, 0.25) is 11.8 Å². The lowest BCUT2D eigenvalue weighted by Crippen LogP contribution is -2.47. The summed E-state index contributed by atoms with van der Waals surface area (Å²) in [6.07, 6.45) is 5.32. The van der Waals surface area contributed by atoms with Gasteiger partial charge >= 0.3 is 0 Å². The average Bonchev–Trinajstić information content (AvgIpc) is 2.84. The van der Waals surface area contributed by atoms with Gasteiger partial charge in [0.05, 0.1) is 14.2 Å². The molecule has 1 aliphatic carbocycles. The number of benzene rings is 2. The Bertz CT molecular complexity index is 897. The van der Waals surface area contributed by atoms with Gasteiger partial charge in [-0.3, -0.25) is 9.59 Å². The van der Waals surface area contributed by atoms with Crippen LogP contribution >= 0.6 is 11.6 Å². The van der Waals surface area contributed by atoms with Crippen LogP contribution in [-0.4, -0.2) is 42.9 Å². The fourth-order valence-electron chi connectivity index (χ4n) is 4.15. The Morgan fingerprint density at radius 2 is 1.72 bits per heavy atom. The molecular formula is C25H31ClN2O4. The van der Waals surface area contributed by atoms with Crippen molar-refractivity contribution in [2.75, 3.05) is 20.1 Å². The van der Waals surface area contributed by atoms with Crippen molar-refractivity contribution >= 4 is 23.4 Å². The molecule has 172 valence electrons. The van der Waals surface area contributed by atoms with Gasteiger partial charge in [-0.05, 0) is 48.2 Å². The van der Waals surface area contributed by atoms with Crippen molar-refractivity contribution < 1.29 is 19.1 Å². The van der Waals surface area contributed by atoms with Crippen LogP contribution in [0.5, 0.6) is 11.5 Å². The predicted octanol–water partition coefficient (Wildman–Crippen LogP) is 4.46. The Labute approximate surface area is 194 Å². The molecule has 6 nitrogen and oxygen atoms in total. The molecule has 0 radical (unpaired) electrons. The van der Waals surface area contributed by atoms with Crippen molar-refractivity contribution in [2.24, 2.45) is 0 Å². The van der Waals surface area contributed by atoms with E-state index in [9.17, 15) is 9.59 Å². The first-order valence-corrected chi connectivity index (χ1v) is 11.5. The third-order valence-electron chi connectivity index (χ3n) is 5.86. The molecule has 0 aliphatic heterocycles. The molecule has 0 saturated heterocycles. The van der Waals surface area contributed by atoms with Crippen LogP contribution in [0.4, 0.5) is 0 Å². The number of carbonyl (C=O) groups excluding carboxylic acids is 2. The Morgan fingerprint density at radius 3 is 2.34 bits per heavy atom. The first kappa shape index (κ1) is 23.9. The van der Waals surface area contributed by atoms with Crippen molar-refractivity contribution in [3.8, 4) is 11.5 Å². The zero-order valence-electron chi connectivity index (χ0n) is 18.7. The van der Waals surface area contributed by atoms with Gasteiger partial charge in [0.25, 0.3) is 0 Å². The standard InChI is InChI=1S/C25H31ClN2O4/c1-31-21-13-11-19(12-14-21)24(25(30)27-20-8-4-3-5-9-20)28(23(29)16-26)17-18-7-6-10-22(15-18)32-2/h6-7,10-15,20,24H,3-5,8-9,16-17H2,1-2H3,(H,27,30). The summed E-state index contributed by atoms with van der Waals surface area (Å²) in [5.41, 5.74) is 1.56. The third kappa shape index (κ3) is 6.16. The Balaban J connectivity index is 1.95. The molecule has 0 bridgehead atoms. The molecule has 2 amide bonds. The zero-order valence-corrected chi connectivity index (χ0v) is 19.4. The number of nitrogens with zero attached hydrogens (tertiary/aromatic N) is 1. The predicted molar refractivity (Wildman–Crippen MR) is 125 cm³/mol. The number of rotatable bonds is 9. The second-order valence-corrected chi connectivity index (χ2v) is 8.29. The first-order chi connectivity index (χ1) is 15.5. The Kier molecular flexibility index (Phi) is 8.80. The fraction of sp³-hybridized carbons (Fsp3) is 0.440. The molecule has 1 saturated carbocycles. The van der Waals surface area contributed by atoms with E-state index in [1.165, 1.54) is 6.42 Å². The van der Waals surface area contributed by atoms with Crippen LogP contribution in [0.1, 0.15) is 49.3 Å². The third-order valence-corrected chi connectivity index (χ3v) is 6.09. The van der Waals surface area contributed by atoms with Crippen molar-refractivity contribution in [1.29, 1.82) is 0 Å². The maximum absolute atomic E-state index is 13.5. The molecular weight excluding hydrogens is 428 g/mol. The molecule has 1 fully saturated rings. The number of nitrogens with one attached hydrogen (secondary N) is 1. The quantitative estimate of drug-likeness (QED) is 0.563. The molecule has 1 N–H and O–H groups in total. The highest BCUT2D eigenvalue weighted by Gasteiger charge is 2.32. The van der Waals surface area contributed by atoms with Crippen LogP contribution in [0, 0.1) is 0 Å². The number of halogens is 1. The van der Waals surface area contributed by atoms with E-state index in [1.807, 2.05) is 36.4 Å². The van der Waals surface area contributed by atoms with Gasteiger partial charge in [-0.2, -0.15) is 0 Å². The van der Waals surface area contributed by atoms with E-state index in [4.69, 9.17) is 21.1 Å². The van der Waals surface area contributed by atoms with Crippen molar-refractivity contribution in [1.82, 2.24) is 10.2 Å². The number of alkyl halides is 1. The molecule has 0 heterocycles. The second kappa shape index (κ2) is 11.8. The maximum atomic E-state index is 13.5. The number of carbonyl (C=O) groups is 2. The number of hydrogen-bond donors (Lipinski definition) is 1. The minimum atomic E-state index is -0.805.